The highest BCUT2D eigenvalue weighted by Crippen LogP contribution is 2.33. The molecular weight excluding hydrogens is 357 g/mol. The van der Waals surface area contributed by atoms with Gasteiger partial charge in [-0.25, -0.2) is 9.97 Å². The molecule has 2 heterocycles. The lowest BCUT2D eigenvalue weighted by molar-refractivity contribution is -0.137. The Hall–Kier alpha value is -3.42. The third-order valence-electron chi connectivity index (χ3n) is 4.14. The molecule has 2 aromatic carbocycles. The molecule has 0 fully saturated rings. The van der Waals surface area contributed by atoms with Crippen molar-refractivity contribution in [3.8, 4) is 11.3 Å². The van der Waals surface area contributed by atoms with E-state index in [9.17, 15) is 18.0 Å². The zero-order chi connectivity index (χ0) is 19.0. The first-order valence-electron chi connectivity index (χ1n) is 8.09. The lowest BCUT2D eigenvalue weighted by atomic mass is 10.1. The molecule has 4 rings (SSSR count). The maximum absolute atomic E-state index is 12.7. The number of hydrogen-bond acceptors (Lipinski definition) is 4. The van der Waals surface area contributed by atoms with E-state index in [-0.39, 0.29) is 18.3 Å². The van der Waals surface area contributed by atoms with Gasteiger partial charge in [-0.2, -0.15) is 13.2 Å². The highest BCUT2D eigenvalue weighted by molar-refractivity contribution is 5.99. The summed E-state index contributed by atoms with van der Waals surface area (Å²) in [6, 6.07) is 11.9. The van der Waals surface area contributed by atoms with Crippen molar-refractivity contribution in [2.75, 3.05) is 10.6 Å². The van der Waals surface area contributed by atoms with Gasteiger partial charge in [0.1, 0.15) is 0 Å². The average Bonchev–Trinajstić information content (AvgIpc) is 2.77. The molecule has 0 bridgehead atoms. The third-order valence-corrected chi connectivity index (χ3v) is 4.14. The molecule has 3 aromatic rings. The number of rotatable bonds is 2. The monoisotopic (exact) mass is 370 g/mol. The van der Waals surface area contributed by atoms with Gasteiger partial charge in [0.05, 0.1) is 23.4 Å². The van der Waals surface area contributed by atoms with Gasteiger partial charge >= 0.3 is 6.18 Å². The predicted octanol–water partition coefficient (Wildman–Crippen LogP) is 4.40. The molecule has 27 heavy (non-hydrogen) atoms. The second kappa shape index (κ2) is 6.39. The number of nitrogens with one attached hydrogen (secondary N) is 2. The normalized spacial score (nSPS) is 13.2. The van der Waals surface area contributed by atoms with Gasteiger partial charge in [-0.3, -0.25) is 4.79 Å². The first-order chi connectivity index (χ1) is 12.9. The SMILES string of the molecule is O=C1Cc2cnc(Nc3ccc(C(F)(F)F)cc3)nc2-c2ccccc2N1. The van der Waals surface area contributed by atoms with Crippen LogP contribution in [0, 0.1) is 0 Å². The smallest absolute Gasteiger partial charge is 0.325 e. The summed E-state index contributed by atoms with van der Waals surface area (Å²) in [4.78, 5) is 20.7. The summed E-state index contributed by atoms with van der Waals surface area (Å²) in [5.41, 5.74) is 2.40. The van der Waals surface area contributed by atoms with Crippen LogP contribution in [0.15, 0.2) is 54.7 Å². The highest BCUT2D eigenvalue weighted by Gasteiger charge is 2.30. The lowest BCUT2D eigenvalue weighted by Crippen LogP contribution is -2.12. The number of alkyl halides is 3. The van der Waals surface area contributed by atoms with E-state index >= 15 is 0 Å². The van der Waals surface area contributed by atoms with Crippen molar-refractivity contribution in [3.05, 3.63) is 65.9 Å². The van der Waals surface area contributed by atoms with Crippen LogP contribution in [0.2, 0.25) is 0 Å². The first kappa shape index (κ1) is 17.0. The van der Waals surface area contributed by atoms with Crippen molar-refractivity contribution in [2.24, 2.45) is 0 Å². The minimum Gasteiger partial charge on any atom is -0.325 e. The predicted molar refractivity (Wildman–Crippen MR) is 94.5 cm³/mol. The lowest BCUT2D eigenvalue weighted by Gasteiger charge is -2.11. The van der Waals surface area contributed by atoms with Crippen LogP contribution in [0.3, 0.4) is 0 Å². The highest BCUT2D eigenvalue weighted by atomic mass is 19.4. The van der Waals surface area contributed by atoms with Gasteiger partial charge in [-0.05, 0) is 30.3 Å². The van der Waals surface area contributed by atoms with Crippen molar-refractivity contribution in [3.63, 3.8) is 0 Å². The zero-order valence-electron chi connectivity index (χ0n) is 13.8. The third kappa shape index (κ3) is 3.46. The maximum Gasteiger partial charge on any atom is 0.416 e. The second-order valence-electron chi connectivity index (χ2n) is 6.04. The Morgan fingerprint density at radius 1 is 1.04 bits per heavy atom. The molecule has 1 aromatic heterocycles. The van der Waals surface area contributed by atoms with E-state index in [4.69, 9.17) is 0 Å². The summed E-state index contributed by atoms with van der Waals surface area (Å²) in [5.74, 6) is 0.0749. The number of carbonyl (C=O) groups excluding carboxylic acids is 1. The van der Waals surface area contributed by atoms with E-state index in [2.05, 4.69) is 20.6 Å². The average molecular weight is 370 g/mol. The molecule has 0 spiro atoms. The van der Waals surface area contributed by atoms with Crippen LogP contribution in [0.25, 0.3) is 11.3 Å². The zero-order valence-corrected chi connectivity index (χ0v) is 13.8. The summed E-state index contributed by atoms with van der Waals surface area (Å²) >= 11 is 0. The van der Waals surface area contributed by atoms with Crippen LogP contribution in [0.1, 0.15) is 11.1 Å². The molecule has 8 heteroatoms. The molecule has 0 aliphatic carbocycles. The Balaban J connectivity index is 1.68. The Morgan fingerprint density at radius 3 is 2.52 bits per heavy atom. The molecule has 5 nitrogen and oxygen atoms in total. The van der Waals surface area contributed by atoms with E-state index in [1.807, 2.05) is 18.2 Å². The molecule has 0 radical (unpaired) electrons. The van der Waals surface area contributed by atoms with Crippen molar-refractivity contribution < 1.29 is 18.0 Å². The summed E-state index contributed by atoms with van der Waals surface area (Å²) in [6.07, 6.45) is -2.69. The minimum absolute atomic E-state index is 0.143. The summed E-state index contributed by atoms with van der Waals surface area (Å²) < 4.78 is 38.0. The number of para-hydroxylation sites is 1. The van der Waals surface area contributed by atoms with Crippen molar-refractivity contribution in [2.45, 2.75) is 12.6 Å². The number of halogens is 3. The molecule has 1 aliphatic heterocycles. The van der Waals surface area contributed by atoms with Gasteiger partial charge in [-0.15, -0.1) is 0 Å². The van der Waals surface area contributed by atoms with Crippen molar-refractivity contribution in [1.29, 1.82) is 0 Å². The molecule has 1 amide bonds. The van der Waals surface area contributed by atoms with Gasteiger partial charge in [0, 0.05) is 23.0 Å². The van der Waals surface area contributed by atoms with E-state index in [0.29, 0.717) is 22.6 Å². The largest absolute Gasteiger partial charge is 0.416 e. The van der Waals surface area contributed by atoms with Gasteiger partial charge in [0.2, 0.25) is 11.9 Å². The van der Waals surface area contributed by atoms with Crippen LogP contribution in [0.4, 0.5) is 30.5 Å². The van der Waals surface area contributed by atoms with E-state index < -0.39 is 11.7 Å². The molecule has 0 atom stereocenters. The second-order valence-corrected chi connectivity index (χ2v) is 6.04. The van der Waals surface area contributed by atoms with Crippen molar-refractivity contribution >= 4 is 23.2 Å². The summed E-state index contributed by atoms with van der Waals surface area (Å²) in [6.45, 7) is 0. The minimum atomic E-state index is -4.39. The first-order valence-corrected chi connectivity index (χ1v) is 8.09. The fourth-order valence-corrected chi connectivity index (χ4v) is 2.87. The number of anilines is 3. The van der Waals surface area contributed by atoms with E-state index in [0.717, 1.165) is 17.7 Å². The van der Waals surface area contributed by atoms with E-state index in [1.54, 1.807) is 12.3 Å². The Morgan fingerprint density at radius 2 is 1.78 bits per heavy atom. The molecule has 0 saturated carbocycles. The van der Waals surface area contributed by atoms with Crippen LogP contribution >= 0.6 is 0 Å². The molecule has 1 aliphatic rings. The molecule has 0 saturated heterocycles. The van der Waals surface area contributed by atoms with E-state index in [1.165, 1.54) is 12.1 Å². The molecule has 2 N–H and O–H groups in total. The van der Waals surface area contributed by atoms with Crippen LogP contribution in [0.5, 0.6) is 0 Å². The molecule has 0 unspecified atom stereocenters. The van der Waals surface area contributed by atoms with Gasteiger partial charge in [0.15, 0.2) is 0 Å². The van der Waals surface area contributed by atoms with Crippen LogP contribution in [-0.4, -0.2) is 15.9 Å². The topological polar surface area (TPSA) is 66.9 Å². The van der Waals surface area contributed by atoms with Gasteiger partial charge < -0.3 is 10.6 Å². The number of aromatic nitrogens is 2. The molecule has 136 valence electrons. The fourth-order valence-electron chi connectivity index (χ4n) is 2.87. The maximum atomic E-state index is 12.7. The molecular formula is C19H13F3N4O. The van der Waals surface area contributed by atoms with Crippen LogP contribution < -0.4 is 10.6 Å². The van der Waals surface area contributed by atoms with Crippen LogP contribution in [-0.2, 0) is 17.4 Å². The van der Waals surface area contributed by atoms with Crippen molar-refractivity contribution in [1.82, 2.24) is 9.97 Å². The number of amides is 1. The van der Waals surface area contributed by atoms with Gasteiger partial charge in [0.25, 0.3) is 0 Å². The summed E-state index contributed by atoms with van der Waals surface area (Å²) in [7, 11) is 0. The number of benzene rings is 2. The van der Waals surface area contributed by atoms with Gasteiger partial charge in [-0.1, -0.05) is 18.2 Å². The number of hydrogen-bond donors (Lipinski definition) is 2. The number of fused-ring (bicyclic) bond motifs is 3. The number of nitrogens with zero attached hydrogens (tertiary/aromatic N) is 2. The quantitative estimate of drug-likeness (QED) is 0.702. The Bertz CT molecular complexity index is 1020. The number of carbonyl (C=O) groups is 1. The standard InChI is InChI=1S/C19H13F3N4O/c20-19(21,22)12-5-7-13(8-6-12)24-18-23-10-11-9-16(27)25-15-4-2-1-3-14(15)17(11)26-18/h1-8,10H,9H2,(H,25,27)(H,23,24,26). The Labute approximate surface area is 152 Å². The Kier molecular flexibility index (Phi) is 4.02. The summed E-state index contributed by atoms with van der Waals surface area (Å²) in [5, 5.41) is 5.73. The fraction of sp³-hybridized carbons (Fsp3) is 0.105.